The smallest absolute Gasteiger partial charge is 0.233 e. The number of nitrogens with zero attached hydrogens (tertiary/aromatic N) is 1. The molecule has 1 aromatic heterocycles. The molecule has 0 aliphatic heterocycles. The molecule has 5 heteroatoms. The van der Waals surface area contributed by atoms with Crippen molar-refractivity contribution in [1.82, 2.24) is 4.98 Å². The minimum Gasteiger partial charge on any atom is -0.392 e. The predicted molar refractivity (Wildman–Crippen MR) is 102 cm³/mol. The van der Waals surface area contributed by atoms with Gasteiger partial charge in [0.25, 0.3) is 0 Å². The molecular weight excluding hydrogens is 314 g/mol. The van der Waals surface area contributed by atoms with Crippen molar-refractivity contribution in [3.63, 3.8) is 0 Å². The lowest BCUT2D eigenvalue weighted by molar-refractivity contribution is -0.118. The standard InChI is InChI=1S/C20H23N3O2/c1-3-15(13-24)5-4-14(2)19(11-21)20(25)23-18-7-6-17-12-22-9-8-16(17)10-18/h3-10,12,19,24H,2,11,13,21H2,1H3,(H,23,25)/b5-4-,15-3+/t19-/m0/s1. The first-order valence-corrected chi connectivity index (χ1v) is 8.06. The number of nitrogens with two attached hydrogens (primary N) is 1. The molecule has 1 atom stereocenters. The molecule has 2 aromatic rings. The Hall–Kier alpha value is -2.76. The summed E-state index contributed by atoms with van der Waals surface area (Å²) >= 11 is 0. The highest BCUT2D eigenvalue weighted by atomic mass is 16.3. The summed E-state index contributed by atoms with van der Waals surface area (Å²) in [7, 11) is 0. The van der Waals surface area contributed by atoms with Crippen molar-refractivity contribution in [2.45, 2.75) is 6.92 Å². The molecule has 1 amide bonds. The number of aliphatic hydroxyl groups excluding tert-OH is 1. The first-order valence-electron chi connectivity index (χ1n) is 8.06. The van der Waals surface area contributed by atoms with E-state index in [0.29, 0.717) is 11.3 Å². The van der Waals surface area contributed by atoms with E-state index in [1.807, 2.05) is 31.2 Å². The van der Waals surface area contributed by atoms with E-state index >= 15 is 0 Å². The van der Waals surface area contributed by atoms with Crippen LogP contribution in [0.3, 0.4) is 0 Å². The Labute approximate surface area is 147 Å². The quantitative estimate of drug-likeness (QED) is 0.678. The lowest BCUT2D eigenvalue weighted by Gasteiger charge is -2.16. The number of aliphatic hydroxyl groups is 1. The SMILES string of the molecule is C=C(/C=C\C(=C/C)CO)[C@H](CN)C(=O)Nc1ccc2cnccc2c1. The summed E-state index contributed by atoms with van der Waals surface area (Å²) < 4.78 is 0. The maximum Gasteiger partial charge on any atom is 0.233 e. The van der Waals surface area contributed by atoms with Crippen molar-refractivity contribution in [3.8, 4) is 0 Å². The van der Waals surface area contributed by atoms with E-state index in [4.69, 9.17) is 10.8 Å². The highest BCUT2D eigenvalue weighted by molar-refractivity contribution is 5.97. The third-order valence-corrected chi connectivity index (χ3v) is 3.97. The van der Waals surface area contributed by atoms with Crippen molar-refractivity contribution >= 4 is 22.4 Å². The van der Waals surface area contributed by atoms with E-state index in [2.05, 4.69) is 16.9 Å². The van der Waals surface area contributed by atoms with Gasteiger partial charge in [0.05, 0.1) is 12.5 Å². The van der Waals surface area contributed by atoms with Gasteiger partial charge in [0.2, 0.25) is 5.91 Å². The van der Waals surface area contributed by atoms with Crippen LogP contribution in [0, 0.1) is 5.92 Å². The van der Waals surface area contributed by atoms with Crippen molar-refractivity contribution < 1.29 is 9.90 Å². The van der Waals surface area contributed by atoms with Crippen LogP contribution in [0.4, 0.5) is 5.69 Å². The van der Waals surface area contributed by atoms with Crippen LogP contribution in [0.2, 0.25) is 0 Å². The van der Waals surface area contributed by atoms with Gasteiger partial charge in [-0.3, -0.25) is 9.78 Å². The number of fused-ring (bicyclic) bond motifs is 1. The first-order chi connectivity index (χ1) is 12.1. The van der Waals surface area contributed by atoms with Gasteiger partial charge in [0, 0.05) is 30.0 Å². The summed E-state index contributed by atoms with van der Waals surface area (Å²) in [6.45, 7) is 5.85. The number of hydrogen-bond acceptors (Lipinski definition) is 4. The third kappa shape index (κ3) is 4.86. The monoisotopic (exact) mass is 337 g/mol. The molecule has 2 rings (SSSR count). The lowest BCUT2D eigenvalue weighted by atomic mass is 9.98. The predicted octanol–water partition coefficient (Wildman–Crippen LogP) is 2.80. The Morgan fingerprint density at radius 2 is 2.16 bits per heavy atom. The zero-order valence-corrected chi connectivity index (χ0v) is 14.3. The summed E-state index contributed by atoms with van der Waals surface area (Å²) in [5, 5.41) is 14.1. The van der Waals surface area contributed by atoms with Crippen LogP contribution in [-0.2, 0) is 4.79 Å². The van der Waals surface area contributed by atoms with E-state index in [-0.39, 0.29) is 19.1 Å². The molecule has 0 fully saturated rings. The fourth-order valence-electron chi connectivity index (χ4n) is 2.39. The summed E-state index contributed by atoms with van der Waals surface area (Å²) in [5.41, 5.74) is 7.81. The fourth-order valence-corrected chi connectivity index (χ4v) is 2.39. The van der Waals surface area contributed by atoms with Crippen molar-refractivity contribution in [2.24, 2.45) is 11.7 Å². The van der Waals surface area contributed by atoms with Gasteiger partial charge < -0.3 is 16.2 Å². The van der Waals surface area contributed by atoms with Gasteiger partial charge in [-0.25, -0.2) is 0 Å². The molecular formula is C20H23N3O2. The van der Waals surface area contributed by atoms with E-state index in [1.165, 1.54) is 0 Å². The highest BCUT2D eigenvalue weighted by Gasteiger charge is 2.19. The number of amides is 1. The van der Waals surface area contributed by atoms with E-state index in [1.54, 1.807) is 30.6 Å². The van der Waals surface area contributed by atoms with Crippen LogP contribution in [0.5, 0.6) is 0 Å². The lowest BCUT2D eigenvalue weighted by Crippen LogP contribution is -2.30. The number of anilines is 1. The van der Waals surface area contributed by atoms with Gasteiger partial charge >= 0.3 is 0 Å². The van der Waals surface area contributed by atoms with Crippen LogP contribution < -0.4 is 11.1 Å². The molecule has 0 aliphatic rings. The van der Waals surface area contributed by atoms with Gasteiger partial charge in [-0.1, -0.05) is 30.9 Å². The molecule has 4 N–H and O–H groups in total. The highest BCUT2D eigenvalue weighted by Crippen LogP contribution is 2.20. The molecule has 1 heterocycles. The van der Waals surface area contributed by atoms with Gasteiger partial charge in [-0.2, -0.15) is 0 Å². The topological polar surface area (TPSA) is 88.2 Å². The number of allylic oxidation sites excluding steroid dienone is 2. The van der Waals surface area contributed by atoms with Gasteiger partial charge in [-0.05, 0) is 41.7 Å². The van der Waals surface area contributed by atoms with Crippen LogP contribution >= 0.6 is 0 Å². The number of hydrogen-bond donors (Lipinski definition) is 3. The Morgan fingerprint density at radius 3 is 2.84 bits per heavy atom. The summed E-state index contributed by atoms with van der Waals surface area (Å²) in [4.78, 5) is 16.6. The summed E-state index contributed by atoms with van der Waals surface area (Å²) in [6.07, 6.45) is 8.74. The number of benzene rings is 1. The van der Waals surface area contributed by atoms with Crippen LogP contribution in [0.25, 0.3) is 10.8 Å². The number of aromatic nitrogens is 1. The first kappa shape index (κ1) is 18.6. The second kappa shape index (κ2) is 8.92. The van der Waals surface area contributed by atoms with Gasteiger partial charge in [0.1, 0.15) is 0 Å². The number of carbonyl (C=O) groups excluding carboxylic acids is 1. The van der Waals surface area contributed by atoms with E-state index in [9.17, 15) is 4.79 Å². The minimum atomic E-state index is -0.541. The molecule has 0 saturated carbocycles. The van der Waals surface area contributed by atoms with E-state index in [0.717, 1.165) is 16.3 Å². The molecule has 1 aromatic carbocycles. The minimum absolute atomic E-state index is 0.0638. The van der Waals surface area contributed by atoms with Crippen LogP contribution in [0.1, 0.15) is 6.92 Å². The molecule has 0 bridgehead atoms. The van der Waals surface area contributed by atoms with Crippen molar-refractivity contribution in [3.05, 3.63) is 72.6 Å². The molecule has 25 heavy (non-hydrogen) atoms. The van der Waals surface area contributed by atoms with Crippen LogP contribution in [-0.4, -0.2) is 29.1 Å². The zero-order chi connectivity index (χ0) is 18.2. The molecule has 5 nitrogen and oxygen atoms in total. The number of rotatable bonds is 7. The zero-order valence-electron chi connectivity index (χ0n) is 14.3. The fraction of sp³-hybridized carbons (Fsp3) is 0.200. The second-order valence-electron chi connectivity index (χ2n) is 5.65. The Balaban J connectivity index is 2.11. The van der Waals surface area contributed by atoms with Gasteiger partial charge in [0.15, 0.2) is 0 Å². The molecule has 0 aliphatic carbocycles. The number of nitrogens with one attached hydrogen (secondary N) is 1. The van der Waals surface area contributed by atoms with Crippen molar-refractivity contribution in [2.75, 3.05) is 18.5 Å². The molecule has 130 valence electrons. The molecule has 0 radical (unpaired) electrons. The Morgan fingerprint density at radius 1 is 1.36 bits per heavy atom. The Bertz CT molecular complexity index is 825. The Kier molecular flexibility index (Phi) is 6.62. The summed E-state index contributed by atoms with van der Waals surface area (Å²) in [5.74, 6) is -0.752. The van der Waals surface area contributed by atoms with Crippen LogP contribution in [0.15, 0.2) is 72.6 Å². The van der Waals surface area contributed by atoms with Gasteiger partial charge in [-0.15, -0.1) is 0 Å². The largest absolute Gasteiger partial charge is 0.392 e. The van der Waals surface area contributed by atoms with E-state index < -0.39 is 5.92 Å². The maximum atomic E-state index is 12.5. The second-order valence-corrected chi connectivity index (χ2v) is 5.65. The molecule has 0 spiro atoms. The normalized spacial score (nSPS) is 13.2. The third-order valence-electron chi connectivity index (χ3n) is 3.97. The molecule has 0 saturated heterocycles. The maximum absolute atomic E-state index is 12.5. The molecule has 0 unspecified atom stereocenters. The average molecular weight is 337 g/mol. The number of pyridine rings is 1. The number of carbonyl (C=O) groups is 1. The summed E-state index contributed by atoms with van der Waals surface area (Å²) in [6, 6.07) is 7.52. The van der Waals surface area contributed by atoms with Crippen molar-refractivity contribution in [1.29, 1.82) is 0 Å². The average Bonchev–Trinajstić information content (AvgIpc) is 2.63.